The minimum absolute atomic E-state index is 0.00384. The van der Waals surface area contributed by atoms with Crippen LogP contribution in [0.2, 0.25) is 0 Å². The molecule has 2 amide bonds. The Morgan fingerprint density at radius 1 is 1.18 bits per heavy atom. The number of carbonyl (C=O) groups is 3. The van der Waals surface area contributed by atoms with Gasteiger partial charge in [0.05, 0.1) is 32.6 Å². The van der Waals surface area contributed by atoms with Gasteiger partial charge in [-0.25, -0.2) is 9.69 Å². The van der Waals surface area contributed by atoms with Gasteiger partial charge in [-0.1, -0.05) is 12.7 Å². The number of hydrogen-bond donors (Lipinski definition) is 0. The van der Waals surface area contributed by atoms with Crippen molar-refractivity contribution in [3.05, 3.63) is 30.4 Å². The van der Waals surface area contributed by atoms with Crippen LogP contribution in [0.3, 0.4) is 0 Å². The van der Waals surface area contributed by atoms with Gasteiger partial charge < -0.3 is 33.3 Å². The standard InChI is InChI=1S/C29H42N2O9/c1-5-15-39-29(34)31(23-19-25(24(35-3)18-21(23)2)37-17-10-12-26(33)36-4)28(40-27-13-7-9-16-38-27)22-11-6-8-14-30(22)20-32/h5,18-20,22,27-28H,1,6-17H2,2-4H3. The Morgan fingerprint density at radius 3 is 2.65 bits per heavy atom. The number of hydrogen-bond acceptors (Lipinski definition) is 9. The fraction of sp³-hybridized carbons (Fsp3) is 0.621. The molecule has 2 fully saturated rings. The zero-order valence-corrected chi connectivity index (χ0v) is 23.8. The molecule has 2 aliphatic rings. The highest BCUT2D eigenvalue weighted by Crippen LogP contribution is 2.38. The molecule has 11 nitrogen and oxygen atoms in total. The molecule has 0 N–H and O–H groups in total. The number of likely N-dealkylation sites (tertiary alicyclic amines) is 1. The van der Waals surface area contributed by atoms with Crippen molar-refractivity contribution >= 4 is 24.2 Å². The van der Waals surface area contributed by atoms with E-state index in [4.69, 9.17) is 28.4 Å². The normalized spacial score (nSPS) is 19.7. The second-order valence-electron chi connectivity index (χ2n) is 9.78. The van der Waals surface area contributed by atoms with E-state index in [9.17, 15) is 14.4 Å². The molecule has 3 rings (SSSR count). The van der Waals surface area contributed by atoms with E-state index in [1.807, 2.05) is 6.92 Å². The van der Waals surface area contributed by atoms with Crippen LogP contribution in [0.4, 0.5) is 10.5 Å². The van der Waals surface area contributed by atoms with Crippen molar-refractivity contribution in [2.75, 3.05) is 45.5 Å². The van der Waals surface area contributed by atoms with Gasteiger partial charge >= 0.3 is 12.1 Å². The van der Waals surface area contributed by atoms with E-state index in [1.165, 1.54) is 25.2 Å². The molecule has 3 atom stereocenters. The average molecular weight is 563 g/mol. The molecule has 40 heavy (non-hydrogen) atoms. The van der Waals surface area contributed by atoms with Crippen LogP contribution in [0.5, 0.6) is 11.5 Å². The number of nitrogens with zero attached hydrogens (tertiary/aromatic N) is 2. The van der Waals surface area contributed by atoms with Crippen molar-refractivity contribution in [2.24, 2.45) is 0 Å². The molecule has 2 aliphatic heterocycles. The van der Waals surface area contributed by atoms with Crippen LogP contribution in [0.15, 0.2) is 24.8 Å². The predicted molar refractivity (Wildman–Crippen MR) is 147 cm³/mol. The first kappa shape index (κ1) is 31.2. The molecule has 2 heterocycles. The quantitative estimate of drug-likeness (QED) is 0.107. The molecule has 11 heteroatoms. The van der Waals surface area contributed by atoms with Crippen LogP contribution in [0.1, 0.15) is 56.9 Å². The summed E-state index contributed by atoms with van der Waals surface area (Å²) in [6.07, 6.45) is 5.83. The predicted octanol–water partition coefficient (Wildman–Crippen LogP) is 4.34. The molecule has 222 valence electrons. The summed E-state index contributed by atoms with van der Waals surface area (Å²) in [6.45, 7) is 6.85. The highest BCUT2D eigenvalue weighted by Gasteiger charge is 2.41. The minimum atomic E-state index is -0.884. The fourth-order valence-corrected chi connectivity index (χ4v) is 4.94. The third-order valence-corrected chi connectivity index (χ3v) is 7.01. The van der Waals surface area contributed by atoms with Gasteiger partial charge in [-0.2, -0.15) is 0 Å². The monoisotopic (exact) mass is 562 g/mol. The fourth-order valence-electron chi connectivity index (χ4n) is 4.94. The number of anilines is 1. The molecule has 1 aromatic carbocycles. The molecule has 0 bridgehead atoms. The zero-order chi connectivity index (χ0) is 28.9. The molecule has 3 unspecified atom stereocenters. The third kappa shape index (κ3) is 8.34. The van der Waals surface area contributed by atoms with Gasteiger partial charge in [0, 0.05) is 25.6 Å². The number of rotatable bonds is 14. The summed E-state index contributed by atoms with van der Waals surface area (Å²) < 4.78 is 34.2. The molecule has 0 aromatic heterocycles. The number of carbonyl (C=O) groups excluding carboxylic acids is 3. The topological polar surface area (TPSA) is 113 Å². The minimum Gasteiger partial charge on any atom is -0.493 e. The van der Waals surface area contributed by atoms with Gasteiger partial charge in [-0.15, -0.1) is 0 Å². The Bertz CT molecular complexity index is 996. The average Bonchev–Trinajstić information content (AvgIpc) is 2.99. The Kier molecular flexibility index (Phi) is 12.5. The maximum absolute atomic E-state index is 13.7. The van der Waals surface area contributed by atoms with Gasteiger partial charge in [0.25, 0.3) is 0 Å². The van der Waals surface area contributed by atoms with E-state index < -0.39 is 24.7 Å². The Hall–Kier alpha value is -3.31. The van der Waals surface area contributed by atoms with Gasteiger partial charge in [0.1, 0.15) is 6.61 Å². The number of benzene rings is 1. The second kappa shape index (κ2) is 16.1. The zero-order valence-electron chi connectivity index (χ0n) is 23.8. The molecular weight excluding hydrogens is 520 g/mol. The van der Waals surface area contributed by atoms with Gasteiger partial charge in [0.15, 0.2) is 24.0 Å². The summed E-state index contributed by atoms with van der Waals surface area (Å²) in [6, 6.07) is 3.05. The van der Waals surface area contributed by atoms with Crippen LogP contribution < -0.4 is 14.4 Å². The first-order valence-corrected chi connectivity index (χ1v) is 13.9. The number of aryl methyl sites for hydroxylation is 1. The molecule has 0 saturated carbocycles. The molecule has 0 radical (unpaired) electrons. The first-order valence-electron chi connectivity index (χ1n) is 13.9. The van der Waals surface area contributed by atoms with Crippen molar-refractivity contribution in [1.29, 1.82) is 0 Å². The second-order valence-corrected chi connectivity index (χ2v) is 9.78. The van der Waals surface area contributed by atoms with Crippen LogP contribution >= 0.6 is 0 Å². The lowest BCUT2D eigenvalue weighted by Gasteiger charge is -2.44. The number of ether oxygens (including phenoxy) is 6. The van der Waals surface area contributed by atoms with Gasteiger partial charge in [-0.05, 0) is 63.5 Å². The smallest absolute Gasteiger partial charge is 0.416 e. The summed E-state index contributed by atoms with van der Waals surface area (Å²) in [4.78, 5) is 40.5. The van der Waals surface area contributed by atoms with Crippen molar-refractivity contribution in [3.8, 4) is 11.5 Å². The van der Waals surface area contributed by atoms with Crippen molar-refractivity contribution in [2.45, 2.75) is 76.9 Å². The summed E-state index contributed by atoms with van der Waals surface area (Å²) in [7, 11) is 2.87. The first-order chi connectivity index (χ1) is 19.4. The molecule has 2 saturated heterocycles. The number of methoxy groups -OCH3 is 2. The summed E-state index contributed by atoms with van der Waals surface area (Å²) in [5.41, 5.74) is 1.19. The largest absolute Gasteiger partial charge is 0.493 e. The lowest BCUT2D eigenvalue weighted by Crippen LogP contribution is -2.58. The maximum Gasteiger partial charge on any atom is 0.416 e. The molecule has 1 aromatic rings. The highest BCUT2D eigenvalue weighted by molar-refractivity contribution is 5.90. The third-order valence-electron chi connectivity index (χ3n) is 7.01. The number of amides is 2. The van der Waals surface area contributed by atoms with Crippen LogP contribution in [0.25, 0.3) is 0 Å². The summed E-state index contributed by atoms with van der Waals surface area (Å²) >= 11 is 0. The Balaban J connectivity index is 2.03. The SMILES string of the molecule is C=CCOC(=O)N(c1cc(OCCCC(=O)OC)c(OC)cc1C)C(OC1CCCCO1)C1CCCCN1C=O. The van der Waals surface area contributed by atoms with E-state index in [1.54, 1.807) is 17.0 Å². The molecular formula is C29H42N2O9. The molecule has 0 aliphatic carbocycles. The van der Waals surface area contributed by atoms with E-state index in [0.29, 0.717) is 55.2 Å². The van der Waals surface area contributed by atoms with E-state index in [0.717, 1.165) is 32.1 Å². The van der Waals surface area contributed by atoms with Crippen molar-refractivity contribution in [3.63, 3.8) is 0 Å². The number of piperidine rings is 1. The van der Waals surface area contributed by atoms with Gasteiger partial charge in [0.2, 0.25) is 6.41 Å². The van der Waals surface area contributed by atoms with Crippen molar-refractivity contribution < 1.29 is 42.8 Å². The Morgan fingerprint density at radius 2 is 1.98 bits per heavy atom. The number of esters is 1. The van der Waals surface area contributed by atoms with Crippen LogP contribution in [-0.2, 0) is 28.5 Å². The highest BCUT2D eigenvalue weighted by atomic mass is 16.7. The van der Waals surface area contributed by atoms with Crippen molar-refractivity contribution in [1.82, 2.24) is 4.90 Å². The van der Waals surface area contributed by atoms with E-state index in [-0.39, 0.29) is 25.6 Å². The summed E-state index contributed by atoms with van der Waals surface area (Å²) in [5, 5.41) is 0. The molecule has 0 spiro atoms. The van der Waals surface area contributed by atoms with E-state index in [2.05, 4.69) is 6.58 Å². The lowest BCUT2D eigenvalue weighted by molar-refractivity contribution is -0.201. The Labute approximate surface area is 236 Å². The maximum atomic E-state index is 13.7. The lowest BCUT2D eigenvalue weighted by atomic mass is 9.99. The van der Waals surface area contributed by atoms with Crippen LogP contribution in [0, 0.1) is 6.92 Å². The van der Waals surface area contributed by atoms with E-state index >= 15 is 0 Å². The van der Waals surface area contributed by atoms with Gasteiger partial charge in [-0.3, -0.25) is 9.59 Å². The summed E-state index contributed by atoms with van der Waals surface area (Å²) in [5.74, 6) is 0.533. The van der Waals surface area contributed by atoms with Crippen LogP contribution in [-0.4, -0.2) is 82.5 Å².